The van der Waals surface area contributed by atoms with E-state index in [1.54, 1.807) is 0 Å². The third-order valence-corrected chi connectivity index (χ3v) is 1.96. The minimum absolute atomic E-state index is 0.751. The largest absolute Gasteiger partial charge is 0.377 e. The summed E-state index contributed by atoms with van der Waals surface area (Å²) in [5.41, 5.74) is 1.27. The molecule has 0 heterocycles. The van der Waals surface area contributed by atoms with Gasteiger partial charge in [0.05, 0.1) is 6.61 Å². The topological polar surface area (TPSA) is 9.23 Å². The minimum Gasteiger partial charge on any atom is -0.377 e. The number of hydrogen-bond donors (Lipinski definition) is 0. The van der Waals surface area contributed by atoms with Crippen LogP contribution in [0, 0.1) is 0 Å². The van der Waals surface area contributed by atoms with E-state index in [0.29, 0.717) is 0 Å². The second-order valence-electron chi connectivity index (χ2n) is 3.21. The van der Waals surface area contributed by atoms with Crippen LogP contribution < -0.4 is 0 Å². The average Bonchev–Trinajstić information content (AvgIpc) is 2.41. The first-order chi connectivity index (χ1) is 6.43. The van der Waals surface area contributed by atoms with Gasteiger partial charge in [0.25, 0.3) is 0 Å². The zero-order valence-electron chi connectivity index (χ0n) is 8.33. The Morgan fingerprint density at radius 2 is 2.31 bits per heavy atom. The van der Waals surface area contributed by atoms with Crippen molar-refractivity contribution in [2.45, 2.75) is 26.2 Å². The molecule has 1 nitrogen and oxygen atoms in total. The van der Waals surface area contributed by atoms with Crippen molar-refractivity contribution in [3.05, 3.63) is 36.0 Å². The Labute approximate surface area is 80.8 Å². The third-order valence-electron chi connectivity index (χ3n) is 1.96. The zero-order chi connectivity index (χ0) is 9.36. The highest BCUT2D eigenvalue weighted by Gasteiger charge is 1.93. The first-order valence-electron chi connectivity index (χ1n) is 5.03. The Hall–Kier alpha value is -0.820. The Balaban J connectivity index is 2.19. The molecule has 1 heteroatoms. The normalized spacial score (nSPS) is 15.6. The highest BCUT2D eigenvalue weighted by molar-refractivity contribution is 5.27. The predicted molar refractivity (Wildman–Crippen MR) is 56.7 cm³/mol. The fraction of sp³-hybridized carbons (Fsp3) is 0.500. The molecule has 0 atom stereocenters. The van der Waals surface area contributed by atoms with Gasteiger partial charge in [0.1, 0.15) is 0 Å². The first-order valence-corrected chi connectivity index (χ1v) is 5.03. The molecule has 0 bridgehead atoms. The number of allylic oxidation sites excluding steroid dienone is 4. The average molecular weight is 178 g/mol. The molecule has 0 fully saturated rings. The zero-order valence-corrected chi connectivity index (χ0v) is 8.33. The van der Waals surface area contributed by atoms with E-state index in [-0.39, 0.29) is 0 Å². The molecule has 0 unspecified atom stereocenters. The Bertz CT molecular complexity index is 211. The van der Waals surface area contributed by atoms with E-state index in [0.717, 1.165) is 26.1 Å². The number of rotatable bonds is 5. The predicted octanol–water partition coefficient (Wildman–Crippen LogP) is 3.25. The fourth-order valence-corrected chi connectivity index (χ4v) is 1.16. The molecule has 1 aliphatic rings. The second kappa shape index (κ2) is 6.67. The molecule has 0 radical (unpaired) electrons. The standard InChI is InChI=1S/C12H18O/c1-2-3-10-13-11-12-8-6-4-5-7-9-12/h4,6-9H,2-3,5,10-11H2,1H3. The maximum absolute atomic E-state index is 5.52. The lowest BCUT2D eigenvalue weighted by molar-refractivity contribution is 0.154. The molecule has 0 aliphatic heterocycles. The lowest BCUT2D eigenvalue weighted by atomic mass is 10.2. The van der Waals surface area contributed by atoms with Crippen molar-refractivity contribution in [3.63, 3.8) is 0 Å². The van der Waals surface area contributed by atoms with Crippen LogP contribution in [0.5, 0.6) is 0 Å². The highest BCUT2D eigenvalue weighted by Crippen LogP contribution is 2.05. The van der Waals surface area contributed by atoms with Crippen LogP contribution in [0.4, 0.5) is 0 Å². The van der Waals surface area contributed by atoms with Crippen LogP contribution >= 0.6 is 0 Å². The van der Waals surface area contributed by atoms with Gasteiger partial charge in [-0.25, -0.2) is 0 Å². The molecular weight excluding hydrogens is 160 g/mol. The van der Waals surface area contributed by atoms with E-state index in [1.165, 1.54) is 12.0 Å². The third kappa shape index (κ3) is 4.69. The monoisotopic (exact) mass is 178 g/mol. The number of unbranched alkanes of at least 4 members (excludes halogenated alkanes) is 1. The van der Waals surface area contributed by atoms with Crippen molar-refractivity contribution in [2.75, 3.05) is 13.2 Å². The summed E-state index contributed by atoms with van der Waals surface area (Å²) in [6.07, 6.45) is 14.1. The van der Waals surface area contributed by atoms with Gasteiger partial charge in [-0.3, -0.25) is 0 Å². The molecule has 0 N–H and O–H groups in total. The molecule has 0 aromatic rings. The summed E-state index contributed by atoms with van der Waals surface area (Å²) < 4.78 is 5.52. The summed E-state index contributed by atoms with van der Waals surface area (Å²) in [4.78, 5) is 0. The van der Waals surface area contributed by atoms with E-state index in [2.05, 4.69) is 37.3 Å². The summed E-state index contributed by atoms with van der Waals surface area (Å²) in [6, 6.07) is 0. The quantitative estimate of drug-likeness (QED) is 0.587. The van der Waals surface area contributed by atoms with Gasteiger partial charge in [-0.15, -0.1) is 0 Å². The van der Waals surface area contributed by atoms with Crippen molar-refractivity contribution >= 4 is 0 Å². The van der Waals surface area contributed by atoms with E-state index < -0.39 is 0 Å². The van der Waals surface area contributed by atoms with Gasteiger partial charge in [0.2, 0.25) is 0 Å². The van der Waals surface area contributed by atoms with Gasteiger partial charge in [-0.2, -0.15) is 0 Å². The van der Waals surface area contributed by atoms with Crippen molar-refractivity contribution in [1.29, 1.82) is 0 Å². The molecule has 0 aromatic heterocycles. The summed E-state index contributed by atoms with van der Waals surface area (Å²) >= 11 is 0. The summed E-state index contributed by atoms with van der Waals surface area (Å²) in [5.74, 6) is 0. The minimum atomic E-state index is 0.751. The first kappa shape index (κ1) is 10.3. The van der Waals surface area contributed by atoms with E-state index >= 15 is 0 Å². The summed E-state index contributed by atoms with van der Waals surface area (Å²) in [7, 11) is 0. The molecule has 13 heavy (non-hydrogen) atoms. The molecule has 1 aliphatic carbocycles. The SMILES string of the molecule is CCCCOCC1=CC=CCC=C1. The van der Waals surface area contributed by atoms with Gasteiger partial charge in [-0.1, -0.05) is 43.7 Å². The van der Waals surface area contributed by atoms with Crippen LogP contribution in [0.25, 0.3) is 0 Å². The smallest absolute Gasteiger partial charge is 0.0716 e. The number of hydrogen-bond acceptors (Lipinski definition) is 1. The van der Waals surface area contributed by atoms with E-state index in [9.17, 15) is 0 Å². The van der Waals surface area contributed by atoms with E-state index in [4.69, 9.17) is 4.74 Å². The van der Waals surface area contributed by atoms with E-state index in [1.807, 2.05) is 0 Å². The lowest BCUT2D eigenvalue weighted by Gasteiger charge is -2.02. The van der Waals surface area contributed by atoms with Gasteiger partial charge in [0.15, 0.2) is 0 Å². The molecule has 0 spiro atoms. The van der Waals surface area contributed by atoms with Crippen molar-refractivity contribution in [1.82, 2.24) is 0 Å². The van der Waals surface area contributed by atoms with Crippen LogP contribution in [0.1, 0.15) is 26.2 Å². The molecule has 0 amide bonds. The van der Waals surface area contributed by atoms with Crippen LogP contribution in [0.2, 0.25) is 0 Å². The van der Waals surface area contributed by atoms with Crippen LogP contribution in [0.15, 0.2) is 36.0 Å². The van der Waals surface area contributed by atoms with Crippen molar-refractivity contribution in [3.8, 4) is 0 Å². The molecular formula is C12H18O. The molecule has 0 aromatic carbocycles. The highest BCUT2D eigenvalue weighted by atomic mass is 16.5. The summed E-state index contributed by atoms with van der Waals surface area (Å²) in [5, 5.41) is 0. The summed E-state index contributed by atoms with van der Waals surface area (Å²) in [6.45, 7) is 3.81. The van der Waals surface area contributed by atoms with Crippen LogP contribution in [0.3, 0.4) is 0 Å². The number of ether oxygens (including phenoxy) is 1. The molecule has 1 rings (SSSR count). The van der Waals surface area contributed by atoms with Gasteiger partial charge < -0.3 is 4.74 Å². The van der Waals surface area contributed by atoms with Crippen LogP contribution in [-0.2, 0) is 4.74 Å². The van der Waals surface area contributed by atoms with Gasteiger partial charge in [-0.05, 0) is 18.4 Å². The lowest BCUT2D eigenvalue weighted by Crippen LogP contribution is -1.97. The molecule has 72 valence electrons. The van der Waals surface area contributed by atoms with Crippen molar-refractivity contribution in [2.24, 2.45) is 0 Å². The fourth-order valence-electron chi connectivity index (χ4n) is 1.16. The van der Waals surface area contributed by atoms with Crippen molar-refractivity contribution < 1.29 is 4.74 Å². The Morgan fingerprint density at radius 3 is 3.15 bits per heavy atom. The molecule has 0 saturated heterocycles. The maximum atomic E-state index is 5.52. The van der Waals surface area contributed by atoms with Crippen LogP contribution in [-0.4, -0.2) is 13.2 Å². The Kier molecular flexibility index (Phi) is 5.27. The maximum Gasteiger partial charge on any atom is 0.0716 e. The van der Waals surface area contributed by atoms with Gasteiger partial charge >= 0.3 is 0 Å². The van der Waals surface area contributed by atoms with Gasteiger partial charge in [0, 0.05) is 6.61 Å². The second-order valence-corrected chi connectivity index (χ2v) is 3.21. The molecule has 0 saturated carbocycles. The Morgan fingerprint density at radius 1 is 1.38 bits per heavy atom.